The summed E-state index contributed by atoms with van der Waals surface area (Å²) in [5.74, 6) is 0. The summed E-state index contributed by atoms with van der Waals surface area (Å²) in [6, 6.07) is 7.96. The highest BCUT2D eigenvalue weighted by molar-refractivity contribution is 7.98. The maximum absolute atomic E-state index is 11.9. The van der Waals surface area contributed by atoms with E-state index in [0.29, 0.717) is 0 Å². The fraction of sp³-hybridized carbons (Fsp3) is 0.133. The maximum Gasteiger partial charge on any atom is 0.217 e. The minimum absolute atomic E-state index is 0.160. The molecular formula is C15H13NOS. The zero-order chi connectivity index (χ0) is 12.7. The van der Waals surface area contributed by atoms with E-state index in [1.807, 2.05) is 43.5 Å². The predicted molar refractivity (Wildman–Crippen MR) is 77.6 cm³/mol. The monoisotopic (exact) mass is 255 g/mol. The molecule has 3 rings (SSSR count). The van der Waals surface area contributed by atoms with E-state index in [1.165, 1.54) is 0 Å². The second-order valence-electron chi connectivity index (χ2n) is 4.42. The summed E-state index contributed by atoms with van der Waals surface area (Å²) in [4.78, 5) is 14.0. The molecule has 0 fully saturated rings. The second-order valence-corrected chi connectivity index (χ2v) is 4.83. The number of likely N-dealkylation sites (N-methyl/N-ethyl adjacent to an activating group) is 1. The lowest BCUT2D eigenvalue weighted by atomic mass is 9.88. The molecule has 1 heterocycles. The molecule has 3 heteroatoms. The van der Waals surface area contributed by atoms with Gasteiger partial charge < -0.3 is 4.90 Å². The number of anilines is 1. The van der Waals surface area contributed by atoms with Crippen molar-refractivity contribution in [2.75, 3.05) is 11.9 Å². The average molecular weight is 255 g/mol. The Labute approximate surface area is 112 Å². The fourth-order valence-corrected chi connectivity index (χ4v) is 2.86. The molecular weight excluding hydrogens is 242 g/mol. The molecule has 1 aromatic carbocycles. The third-order valence-electron chi connectivity index (χ3n) is 3.43. The highest BCUT2D eigenvalue weighted by Crippen LogP contribution is 2.42. The molecule has 90 valence electrons. The van der Waals surface area contributed by atoms with Gasteiger partial charge in [0.15, 0.2) is 0 Å². The Morgan fingerprint density at radius 3 is 2.89 bits per heavy atom. The van der Waals surface area contributed by atoms with Crippen LogP contribution in [0.1, 0.15) is 12.0 Å². The van der Waals surface area contributed by atoms with Crippen molar-refractivity contribution in [3.8, 4) is 0 Å². The van der Waals surface area contributed by atoms with Gasteiger partial charge in [0.25, 0.3) is 0 Å². The van der Waals surface area contributed by atoms with Crippen LogP contribution < -0.4 is 4.90 Å². The van der Waals surface area contributed by atoms with Crippen molar-refractivity contribution in [1.29, 1.82) is 0 Å². The first kappa shape index (κ1) is 11.4. The van der Waals surface area contributed by atoms with Gasteiger partial charge in [-0.25, -0.2) is 0 Å². The molecule has 1 aromatic rings. The van der Waals surface area contributed by atoms with Crippen molar-refractivity contribution in [2.45, 2.75) is 6.42 Å². The summed E-state index contributed by atoms with van der Waals surface area (Å²) in [5, 5.41) is -0.160. The molecule has 0 bridgehead atoms. The number of rotatable bonds is 1. The van der Waals surface area contributed by atoms with Crippen LogP contribution in [0.5, 0.6) is 0 Å². The van der Waals surface area contributed by atoms with E-state index >= 15 is 0 Å². The summed E-state index contributed by atoms with van der Waals surface area (Å²) in [5.41, 5.74) is 4.93. The molecule has 0 amide bonds. The van der Waals surface area contributed by atoms with Gasteiger partial charge in [0, 0.05) is 29.6 Å². The van der Waals surface area contributed by atoms with E-state index < -0.39 is 0 Å². The first-order valence-electron chi connectivity index (χ1n) is 5.87. The lowest BCUT2D eigenvalue weighted by Crippen LogP contribution is -2.25. The van der Waals surface area contributed by atoms with Crippen LogP contribution in [0.3, 0.4) is 0 Å². The summed E-state index contributed by atoms with van der Waals surface area (Å²) in [7, 11) is 2.03. The molecule has 0 atom stereocenters. The van der Waals surface area contributed by atoms with Crippen molar-refractivity contribution in [3.05, 3.63) is 59.3 Å². The summed E-state index contributed by atoms with van der Waals surface area (Å²) in [6.07, 6.45) is 6.93. The third kappa shape index (κ3) is 1.55. The van der Waals surface area contributed by atoms with Crippen LogP contribution in [-0.2, 0) is 4.79 Å². The van der Waals surface area contributed by atoms with E-state index in [9.17, 15) is 4.79 Å². The van der Waals surface area contributed by atoms with Gasteiger partial charge in [-0.1, -0.05) is 30.4 Å². The van der Waals surface area contributed by atoms with Crippen LogP contribution in [0.2, 0.25) is 0 Å². The van der Waals surface area contributed by atoms with Crippen molar-refractivity contribution in [2.24, 2.45) is 0 Å². The van der Waals surface area contributed by atoms with Crippen molar-refractivity contribution in [3.63, 3.8) is 0 Å². The van der Waals surface area contributed by atoms with E-state index in [-0.39, 0.29) is 5.12 Å². The highest BCUT2D eigenvalue weighted by atomic mass is 32.1. The molecule has 0 saturated carbocycles. The van der Waals surface area contributed by atoms with Gasteiger partial charge in [0.05, 0.1) is 0 Å². The molecule has 0 N–H and O–H groups in total. The molecule has 0 spiro atoms. The molecule has 0 radical (unpaired) electrons. The van der Waals surface area contributed by atoms with E-state index in [2.05, 4.69) is 23.6 Å². The number of fused-ring (bicyclic) bond motifs is 2. The lowest BCUT2D eigenvalue weighted by molar-refractivity contribution is -0.106. The van der Waals surface area contributed by atoms with Gasteiger partial charge in [-0.2, -0.15) is 0 Å². The van der Waals surface area contributed by atoms with Crippen LogP contribution in [0.4, 0.5) is 5.69 Å². The number of thiol groups is 1. The van der Waals surface area contributed by atoms with Crippen molar-refractivity contribution < 1.29 is 4.79 Å². The Morgan fingerprint density at radius 1 is 1.33 bits per heavy atom. The molecule has 0 saturated heterocycles. The van der Waals surface area contributed by atoms with Gasteiger partial charge >= 0.3 is 0 Å². The SMILES string of the molecule is CN1C2=CC=CCC2=C(C(=O)S)c2ccccc21. The number of hydrogen-bond acceptors (Lipinski definition) is 2. The Kier molecular flexibility index (Phi) is 2.63. The largest absolute Gasteiger partial charge is 0.344 e. The maximum atomic E-state index is 11.9. The molecule has 0 aromatic heterocycles. The number of hydrogen-bond donors (Lipinski definition) is 1. The van der Waals surface area contributed by atoms with Gasteiger partial charge in [0.1, 0.15) is 0 Å². The van der Waals surface area contributed by atoms with Crippen molar-refractivity contribution >= 4 is 29.0 Å². The molecule has 0 unspecified atom stereocenters. The first-order chi connectivity index (χ1) is 8.70. The Morgan fingerprint density at radius 2 is 2.11 bits per heavy atom. The zero-order valence-electron chi connectivity index (χ0n) is 10.1. The number of carbonyl (C=O) groups excluding carboxylic acids is 1. The van der Waals surface area contributed by atoms with Gasteiger partial charge in [-0.05, 0) is 24.1 Å². The minimum atomic E-state index is -0.160. The Bertz CT molecular complexity index is 625. The lowest BCUT2D eigenvalue weighted by Gasteiger charge is -2.34. The Balaban J connectivity index is 2.34. The normalized spacial score (nSPS) is 17.2. The second kappa shape index (κ2) is 4.18. The molecule has 2 aliphatic rings. The van der Waals surface area contributed by atoms with Gasteiger partial charge in [-0.3, -0.25) is 4.79 Å². The Hall–Kier alpha value is -1.74. The standard InChI is InChI=1S/C15H13NOS/c1-16-12-8-4-2-6-10(12)14(15(17)18)11-7-3-5-9-13(11)16/h2-6,8-9H,7H2,1H3,(H,17,18). The number of carbonyl (C=O) groups is 1. The molecule has 18 heavy (non-hydrogen) atoms. The summed E-state index contributed by atoms with van der Waals surface area (Å²) < 4.78 is 0. The summed E-state index contributed by atoms with van der Waals surface area (Å²) >= 11 is 4.05. The van der Waals surface area contributed by atoms with Crippen molar-refractivity contribution in [1.82, 2.24) is 0 Å². The van der Waals surface area contributed by atoms with Crippen LogP contribution in [0, 0.1) is 0 Å². The van der Waals surface area contributed by atoms with Gasteiger partial charge in [-0.15, -0.1) is 12.6 Å². The molecule has 1 aliphatic carbocycles. The molecule has 2 nitrogen and oxygen atoms in total. The average Bonchev–Trinajstić information content (AvgIpc) is 2.39. The van der Waals surface area contributed by atoms with E-state index in [0.717, 1.165) is 34.5 Å². The third-order valence-corrected chi connectivity index (χ3v) is 3.66. The van der Waals surface area contributed by atoms with E-state index in [4.69, 9.17) is 0 Å². The predicted octanol–water partition coefficient (Wildman–Crippen LogP) is 3.19. The number of para-hydroxylation sites is 1. The summed E-state index contributed by atoms with van der Waals surface area (Å²) in [6.45, 7) is 0. The van der Waals surface area contributed by atoms with Gasteiger partial charge in [0.2, 0.25) is 5.12 Å². The molecule has 1 aliphatic heterocycles. The van der Waals surface area contributed by atoms with Crippen LogP contribution in [0.25, 0.3) is 5.57 Å². The van der Waals surface area contributed by atoms with Crippen LogP contribution in [0.15, 0.2) is 53.8 Å². The van der Waals surface area contributed by atoms with Crippen LogP contribution in [-0.4, -0.2) is 12.2 Å². The number of allylic oxidation sites excluding steroid dienone is 4. The first-order valence-corrected chi connectivity index (χ1v) is 6.31. The topological polar surface area (TPSA) is 20.3 Å². The highest BCUT2D eigenvalue weighted by Gasteiger charge is 2.28. The smallest absolute Gasteiger partial charge is 0.217 e. The number of benzene rings is 1. The number of nitrogens with zero attached hydrogens (tertiary/aromatic N) is 1. The van der Waals surface area contributed by atoms with Crippen LogP contribution >= 0.6 is 12.6 Å². The zero-order valence-corrected chi connectivity index (χ0v) is 10.9. The fourth-order valence-electron chi connectivity index (χ4n) is 2.61. The van der Waals surface area contributed by atoms with E-state index in [1.54, 1.807) is 0 Å². The minimum Gasteiger partial charge on any atom is -0.344 e. The quantitative estimate of drug-likeness (QED) is 0.778.